The molecule has 0 unspecified atom stereocenters. The van der Waals surface area contributed by atoms with Gasteiger partial charge in [0.25, 0.3) is 5.91 Å². The van der Waals surface area contributed by atoms with E-state index in [1.807, 2.05) is 13.8 Å². The van der Waals surface area contributed by atoms with Crippen LogP contribution in [0, 0.1) is 6.92 Å². The molecule has 2 aromatic carbocycles. The van der Waals surface area contributed by atoms with Crippen LogP contribution >= 0.6 is 0 Å². The number of aromatic hydroxyl groups is 1. The van der Waals surface area contributed by atoms with Gasteiger partial charge < -0.3 is 20.5 Å². The van der Waals surface area contributed by atoms with Crippen molar-refractivity contribution in [1.29, 1.82) is 0 Å². The summed E-state index contributed by atoms with van der Waals surface area (Å²) in [6, 6.07) is 11.7. The van der Waals surface area contributed by atoms with Crippen molar-refractivity contribution in [1.82, 2.24) is 5.32 Å². The van der Waals surface area contributed by atoms with Gasteiger partial charge in [0, 0.05) is 0 Å². The lowest BCUT2D eigenvalue weighted by molar-refractivity contribution is -0.115. The Morgan fingerprint density at radius 1 is 1.17 bits per heavy atom. The van der Waals surface area contributed by atoms with Gasteiger partial charge in [-0.15, -0.1) is 0 Å². The molecule has 2 aromatic rings. The Balaban J connectivity index is 1.95. The summed E-state index contributed by atoms with van der Waals surface area (Å²) in [6.07, 6.45) is 0. The number of carbonyl (C=O) groups is 2. The van der Waals surface area contributed by atoms with E-state index in [-0.39, 0.29) is 12.3 Å². The summed E-state index contributed by atoms with van der Waals surface area (Å²) >= 11 is 0. The van der Waals surface area contributed by atoms with E-state index >= 15 is 0 Å². The maximum Gasteiger partial charge on any atom is 0.255 e. The Hall–Kier alpha value is -3.02. The van der Waals surface area contributed by atoms with Crippen LogP contribution in [0.1, 0.15) is 22.8 Å². The smallest absolute Gasteiger partial charge is 0.255 e. The van der Waals surface area contributed by atoms with Crippen molar-refractivity contribution in [2.24, 2.45) is 0 Å². The van der Waals surface area contributed by atoms with Crippen LogP contribution in [0.4, 0.5) is 5.69 Å². The van der Waals surface area contributed by atoms with E-state index in [2.05, 4.69) is 10.6 Å². The Bertz CT molecular complexity index is 744. The zero-order chi connectivity index (χ0) is 17.5. The van der Waals surface area contributed by atoms with Crippen molar-refractivity contribution in [2.75, 3.05) is 18.5 Å². The Morgan fingerprint density at radius 2 is 1.92 bits per heavy atom. The van der Waals surface area contributed by atoms with Gasteiger partial charge in [-0.05, 0) is 43.7 Å². The normalized spacial score (nSPS) is 10.1. The molecule has 0 aliphatic carbocycles. The van der Waals surface area contributed by atoms with Gasteiger partial charge in [0.05, 0.1) is 24.4 Å². The average molecular weight is 328 g/mol. The molecule has 6 nitrogen and oxygen atoms in total. The number of hydrogen-bond acceptors (Lipinski definition) is 4. The number of para-hydroxylation sites is 1. The van der Waals surface area contributed by atoms with Crippen LogP contribution in [0.25, 0.3) is 0 Å². The van der Waals surface area contributed by atoms with Crippen molar-refractivity contribution < 1.29 is 19.4 Å². The van der Waals surface area contributed by atoms with Crippen LogP contribution in [0.3, 0.4) is 0 Å². The second kappa shape index (κ2) is 8.01. The van der Waals surface area contributed by atoms with Crippen LogP contribution in [-0.4, -0.2) is 30.1 Å². The van der Waals surface area contributed by atoms with Gasteiger partial charge in [0.1, 0.15) is 11.5 Å². The highest BCUT2D eigenvalue weighted by molar-refractivity contribution is 6.01. The number of anilines is 1. The highest BCUT2D eigenvalue weighted by atomic mass is 16.5. The molecule has 0 aliphatic rings. The number of aryl methyl sites for hydroxylation is 1. The van der Waals surface area contributed by atoms with Crippen LogP contribution in [0.15, 0.2) is 42.5 Å². The first kappa shape index (κ1) is 17.3. The SMILES string of the molecule is CCOc1ccccc1C(=O)NCC(=O)Nc1ccc(C)cc1O. The molecular weight excluding hydrogens is 308 g/mol. The second-order valence-corrected chi connectivity index (χ2v) is 5.18. The number of amides is 2. The van der Waals surface area contributed by atoms with E-state index < -0.39 is 11.8 Å². The quantitative estimate of drug-likeness (QED) is 0.711. The van der Waals surface area contributed by atoms with Gasteiger partial charge in [0.2, 0.25) is 5.91 Å². The first-order valence-electron chi connectivity index (χ1n) is 7.60. The molecule has 3 N–H and O–H groups in total. The molecule has 0 fully saturated rings. The van der Waals surface area contributed by atoms with Crippen molar-refractivity contribution in [3.63, 3.8) is 0 Å². The van der Waals surface area contributed by atoms with Crippen LogP contribution in [0.2, 0.25) is 0 Å². The zero-order valence-electron chi connectivity index (χ0n) is 13.6. The monoisotopic (exact) mass is 328 g/mol. The van der Waals surface area contributed by atoms with Crippen molar-refractivity contribution in [2.45, 2.75) is 13.8 Å². The van der Waals surface area contributed by atoms with Crippen LogP contribution in [0.5, 0.6) is 11.5 Å². The van der Waals surface area contributed by atoms with E-state index in [1.54, 1.807) is 42.5 Å². The average Bonchev–Trinajstić information content (AvgIpc) is 2.56. The Morgan fingerprint density at radius 3 is 2.62 bits per heavy atom. The molecule has 126 valence electrons. The maximum absolute atomic E-state index is 12.2. The standard InChI is InChI=1S/C18H20N2O4/c1-3-24-16-7-5-4-6-13(16)18(23)19-11-17(22)20-14-9-8-12(2)10-15(14)21/h4-10,21H,3,11H2,1-2H3,(H,19,23)(H,20,22). The number of carbonyl (C=O) groups excluding carboxylic acids is 2. The minimum Gasteiger partial charge on any atom is -0.506 e. The van der Waals surface area contributed by atoms with Crippen molar-refractivity contribution >= 4 is 17.5 Å². The Labute approximate surface area is 140 Å². The summed E-state index contributed by atoms with van der Waals surface area (Å²) in [4.78, 5) is 24.1. The van der Waals surface area contributed by atoms with Crippen molar-refractivity contribution in [3.05, 3.63) is 53.6 Å². The molecule has 0 radical (unpaired) electrons. The molecule has 0 bridgehead atoms. The van der Waals surface area contributed by atoms with E-state index in [0.717, 1.165) is 5.56 Å². The third-order valence-electron chi connectivity index (χ3n) is 3.27. The van der Waals surface area contributed by atoms with E-state index in [9.17, 15) is 14.7 Å². The third-order valence-corrected chi connectivity index (χ3v) is 3.27. The molecule has 0 saturated carbocycles. The molecule has 2 rings (SSSR count). The fraction of sp³-hybridized carbons (Fsp3) is 0.222. The van der Waals surface area contributed by atoms with Gasteiger partial charge in [-0.3, -0.25) is 9.59 Å². The lowest BCUT2D eigenvalue weighted by atomic mass is 10.2. The van der Waals surface area contributed by atoms with E-state index in [0.29, 0.717) is 23.6 Å². The largest absolute Gasteiger partial charge is 0.506 e. The number of rotatable bonds is 6. The molecule has 6 heteroatoms. The highest BCUT2D eigenvalue weighted by Crippen LogP contribution is 2.23. The summed E-state index contributed by atoms with van der Waals surface area (Å²) in [6.45, 7) is 3.89. The highest BCUT2D eigenvalue weighted by Gasteiger charge is 2.13. The number of hydrogen-bond donors (Lipinski definition) is 3. The predicted molar refractivity (Wildman–Crippen MR) is 91.4 cm³/mol. The number of benzene rings is 2. The molecule has 0 atom stereocenters. The van der Waals surface area contributed by atoms with E-state index in [1.165, 1.54) is 0 Å². The van der Waals surface area contributed by atoms with Crippen LogP contribution < -0.4 is 15.4 Å². The van der Waals surface area contributed by atoms with Gasteiger partial charge in [0.15, 0.2) is 0 Å². The third kappa shape index (κ3) is 4.49. The van der Waals surface area contributed by atoms with Crippen molar-refractivity contribution in [3.8, 4) is 11.5 Å². The fourth-order valence-electron chi connectivity index (χ4n) is 2.13. The molecule has 0 aliphatic heterocycles. The van der Waals surface area contributed by atoms with Crippen LogP contribution in [-0.2, 0) is 4.79 Å². The Kier molecular flexibility index (Phi) is 5.78. The number of phenols is 1. The summed E-state index contributed by atoms with van der Waals surface area (Å²) in [5.41, 5.74) is 1.55. The lowest BCUT2D eigenvalue weighted by Gasteiger charge is -2.11. The molecule has 0 heterocycles. The first-order valence-corrected chi connectivity index (χ1v) is 7.60. The molecular formula is C18H20N2O4. The molecule has 2 amide bonds. The number of ether oxygens (including phenoxy) is 1. The van der Waals surface area contributed by atoms with Gasteiger partial charge >= 0.3 is 0 Å². The van der Waals surface area contributed by atoms with E-state index in [4.69, 9.17) is 4.74 Å². The molecule has 0 saturated heterocycles. The van der Waals surface area contributed by atoms with Gasteiger partial charge in [-0.2, -0.15) is 0 Å². The number of phenolic OH excluding ortho intramolecular Hbond substituents is 1. The molecule has 0 aromatic heterocycles. The predicted octanol–water partition coefficient (Wildman–Crippen LogP) is 2.47. The van der Waals surface area contributed by atoms with Gasteiger partial charge in [-0.1, -0.05) is 18.2 Å². The topological polar surface area (TPSA) is 87.7 Å². The lowest BCUT2D eigenvalue weighted by Crippen LogP contribution is -2.33. The van der Waals surface area contributed by atoms with Gasteiger partial charge in [-0.25, -0.2) is 0 Å². The first-order chi connectivity index (χ1) is 11.5. The zero-order valence-corrected chi connectivity index (χ0v) is 13.6. The maximum atomic E-state index is 12.2. The summed E-state index contributed by atoms with van der Waals surface area (Å²) in [7, 11) is 0. The summed E-state index contributed by atoms with van der Waals surface area (Å²) < 4.78 is 5.39. The minimum absolute atomic E-state index is 0.0173. The molecule has 24 heavy (non-hydrogen) atoms. The number of nitrogens with one attached hydrogen (secondary N) is 2. The second-order valence-electron chi connectivity index (χ2n) is 5.18. The molecule has 0 spiro atoms. The fourth-order valence-corrected chi connectivity index (χ4v) is 2.13. The summed E-state index contributed by atoms with van der Waals surface area (Å²) in [5, 5.41) is 14.9. The minimum atomic E-state index is -0.434. The summed E-state index contributed by atoms with van der Waals surface area (Å²) in [5.74, 6) is -0.385.